The molecule has 1 aliphatic heterocycles. The first-order valence-electron chi connectivity index (χ1n) is 9.60. The number of hydrogen-bond donors (Lipinski definition) is 1. The molecule has 1 fully saturated rings. The highest BCUT2D eigenvalue weighted by Crippen LogP contribution is 2.41. The van der Waals surface area contributed by atoms with Crippen LogP contribution in [-0.4, -0.2) is 12.4 Å². The highest BCUT2D eigenvalue weighted by atomic mass is 35.5. The number of benzene rings is 2. The molecule has 0 amide bonds. The minimum absolute atomic E-state index is 0.208. The number of alkyl halides is 1. The number of halogens is 2. The van der Waals surface area contributed by atoms with Crippen LogP contribution in [-0.2, 0) is 0 Å². The SMILES string of the molecule is Cc1ccccc1C1CNC(=C2CC=CC(CCl)=C2Cl)N1c1ccccc1C. The number of nitrogens with zero attached hydrogens (tertiary/aromatic N) is 1. The van der Waals surface area contributed by atoms with Gasteiger partial charge in [0.2, 0.25) is 0 Å². The Bertz CT molecular complexity index is 988. The van der Waals surface area contributed by atoms with Gasteiger partial charge in [-0.1, -0.05) is 66.2 Å². The Kier molecular flexibility index (Phi) is 5.52. The fourth-order valence-corrected chi connectivity index (χ4v) is 4.68. The van der Waals surface area contributed by atoms with Gasteiger partial charge in [0.15, 0.2) is 0 Å². The quantitative estimate of drug-likeness (QED) is 0.592. The first-order chi connectivity index (χ1) is 13.6. The molecule has 28 heavy (non-hydrogen) atoms. The highest BCUT2D eigenvalue weighted by molar-refractivity contribution is 6.33. The molecule has 2 aromatic rings. The van der Waals surface area contributed by atoms with E-state index in [1.54, 1.807) is 0 Å². The predicted molar refractivity (Wildman–Crippen MR) is 120 cm³/mol. The van der Waals surface area contributed by atoms with Gasteiger partial charge < -0.3 is 10.2 Å². The summed E-state index contributed by atoms with van der Waals surface area (Å²) in [6, 6.07) is 17.4. The number of anilines is 1. The van der Waals surface area contributed by atoms with E-state index in [0.29, 0.717) is 5.88 Å². The van der Waals surface area contributed by atoms with Gasteiger partial charge in [-0.05, 0) is 48.6 Å². The lowest BCUT2D eigenvalue weighted by atomic mass is 9.98. The van der Waals surface area contributed by atoms with Gasteiger partial charge in [-0.15, -0.1) is 11.6 Å². The van der Waals surface area contributed by atoms with E-state index in [0.717, 1.165) is 35.0 Å². The summed E-state index contributed by atoms with van der Waals surface area (Å²) in [5.41, 5.74) is 7.16. The van der Waals surface area contributed by atoms with Gasteiger partial charge in [-0.3, -0.25) is 0 Å². The van der Waals surface area contributed by atoms with Gasteiger partial charge in [-0.2, -0.15) is 0 Å². The zero-order valence-corrected chi connectivity index (χ0v) is 17.7. The van der Waals surface area contributed by atoms with Gasteiger partial charge in [-0.25, -0.2) is 0 Å². The second-order valence-electron chi connectivity index (χ2n) is 7.32. The van der Waals surface area contributed by atoms with Crippen LogP contribution in [0.4, 0.5) is 5.69 Å². The van der Waals surface area contributed by atoms with E-state index in [2.05, 4.69) is 78.7 Å². The molecular weight excluding hydrogens is 387 g/mol. The van der Waals surface area contributed by atoms with Crippen LogP contribution >= 0.6 is 23.2 Å². The van der Waals surface area contributed by atoms with Crippen LogP contribution in [0.1, 0.15) is 29.2 Å². The first-order valence-corrected chi connectivity index (χ1v) is 10.5. The van der Waals surface area contributed by atoms with Crippen molar-refractivity contribution in [1.82, 2.24) is 5.32 Å². The third-order valence-electron chi connectivity index (χ3n) is 5.56. The Labute approximate surface area is 177 Å². The van der Waals surface area contributed by atoms with Gasteiger partial charge >= 0.3 is 0 Å². The fourth-order valence-electron chi connectivity index (χ4n) is 4.09. The summed E-state index contributed by atoms with van der Waals surface area (Å²) in [6.07, 6.45) is 4.97. The van der Waals surface area contributed by atoms with Crippen LogP contribution in [0.3, 0.4) is 0 Å². The van der Waals surface area contributed by atoms with Gasteiger partial charge in [0.25, 0.3) is 0 Å². The average Bonchev–Trinajstić information content (AvgIpc) is 3.13. The molecule has 0 aromatic heterocycles. The Balaban J connectivity index is 1.90. The van der Waals surface area contributed by atoms with Crippen molar-refractivity contribution in [3.05, 3.63) is 99.4 Å². The molecule has 1 saturated heterocycles. The van der Waals surface area contributed by atoms with Crippen LogP contribution in [0.5, 0.6) is 0 Å². The summed E-state index contributed by atoms with van der Waals surface area (Å²) in [4.78, 5) is 2.42. The Hall–Kier alpha value is -2.16. The molecule has 2 aromatic carbocycles. The Morgan fingerprint density at radius 3 is 2.46 bits per heavy atom. The largest absolute Gasteiger partial charge is 0.369 e. The third-order valence-corrected chi connectivity index (χ3v) is 6.31. The molecule has 2 nitrogen and oxygen atoms in total. The van der Waals surface area contributed by atoms with Gasteiger partial charge in [0.05, 0.1) is 11.1 Å². The molecule has 2 aliphatic rings. The Morgan fingerprint density at radius 1 is 1.04 bits per heavy atom. The lowest BCUT2D eigenvalue weighted by molar-refractivity contribution is 0.749. The summed E-state index contributed by atoms with van der Waals surface area (Å²) >= 11 is 12.9. The van der Waals surface area contributed by atoms with Crippen molar-refractivity contribution in [3.8, 4) is 0 Å². The van der Waals surface area contributed by atoms with Crippen molar-refractivity contribution < 1.29 is 0 Å². The van der Waals surface area contributed by atoms with E-state index in [9.17, 15) is 0 Å². The number of hydrogen-bond acceptors (Lipinski definition) is 2. The maximum absolute atomic E-state index is 6.77. The second kappa shape index (κ2) is 8.06. The fraction of sp³-hybridized carbons (Fsp3) is 0.250. The van der Waals surface area contributed by atoms with E-state index in [1.807, 2.05) is 6.08 Å². The maximum Gasteiger partial charge on any atom is 0.112 e. The predicted octanol–water partition coefficient (Wildman–Crippen LogP) is 6.36. The van der Waals surface area contributed by atoms with Crippen molar-refractivity contribution in [2.45, 2.75) is 26.3 Å². The van der Waals surface area contributed by atoms with Crippen LogP contribution in [0.15, 0.2) is 82.7 Å². The number of nitrogens with one attached hydrogen (secondary N) is 1. The molecule has 4 rings (SSSR count). The molecule has 1 heterocycles. The molecule has 144 valence electrons. The molecule has 0 spiro atoms. The number of aryl methyl sites for hydroxylation is 2. The summed E-state index contributed by atoms with van der Waals surface area (Å²) in [6.45, 7) is 5.17. The average molecular weight is 411 g/mol. The molecule has 0 saturated carbocycles. The Morgan fingerprint density at radius 2 is 1.75 bits per heavy atom. The van der Waals surface area contributed by atoms with Crippen LogP contribution in [0.25, 0.3) is 0 Å². The minimum Gasteiger partial charge on any atom is -0.369 e. The van der Waals surface area contributed by atoms with Crippen molar-refractivity contribution in [2.75, 3.05) is 17.3 Å². The van der Waals surface area contributed by atoms with Gasteiger partial charge in [0.1, 0.15) is 5.82 Å². The van der Waals surface area contributed by atoms with Crippen LogP contribution in [0, 0.1) is 13.8 Å². The molecule has 1 unspecified atom stereocenters. The summed E-state index contributed by atoms with van der Waals surface area (Å²) in [5, 5.41) is 4.43. The third kappa shape index (κ3) is 3.36. The monoisotopic (exact) mass is 410 g/mol. The van der Waals surface area contributed by atoms with E-state index in [4.69, 9.17) is 23.2 Å². The highest BCUT2D eigenvalue weighted by Gasteiger charge is 2.34. The van der Waals surface area contributed by atoms with Crippen molar-refractivity contribution in [2.24, 2.45) is 0 Å². The lowest BCUT2D eigenvalue weighted by Crippen LogP contribution is -2.26. The number of para-hydroxylation sites is 1. The number of allylic oxidation sites excluding steroid dienone is 5. The van der Waals surface area contributed by atoms with Crippen molar-refractivity contribution in [3.63, 3.8) is 0 Å². The van der Waals surface area contributed by atoms with E-state index in [-0.39, 0.29) is 6.04 Å². The molecule has 4 heteroatoms. The molecular formula is C24H24Cl2N2. The molecule has 1 N–H and O–H groups in total. The molecule has 0 radical (unpaired) electrons. The summed E-state index contributed by atoms with van der Waals surface area (Å²) < 4.78 is 0. The maximum atomic E-state index is 6.77. The summed E-state index contributed by atoms with van der Waals surface area (Å²) in [7, 11) is 0. The normalized spacial score (nSPS) is 22.0. The molecule has 1 atom stereocenters. The zero-order chi connectivity index (χ0) is 19.7. The zero-order valence-electron chi connectivity index (χ0n) is 16.2. The number of rotatable bonds is 3. The summed E-state index contributed by atoms with van der Waals surface area (Å²) in [5.74, 6) is 1.50. The first kappa shape index (κ1) is 19.2. The standard InChI is InChI=1S/C24H24Cl2N2/c1-16-8-3-5-11-19(16)22-15-27-24(20-12-7-10-18(14-25)23(20)26)28(22)21-13-6-4-9-17(21)2/h3-11,13,22,27H,12,14-15H2,1-2H3. The molecule has 0 bridgehead atoms. The van der Waals surface area contributed by atoms with Crippen molar-refractivity contribution in [1.29, 1.82) is 0 Å². The van der Waals surface area contributed by atoms with Crippen LogP contribution < -0.4 is 10.2 Å². The smallest absolute Gasteiger partial charge is 0.112 e. The molecule has 1 aliphatic carbocycles. The minimum atomic E-state index is 0.208. The second-order valence-corrected chi connectivity index (χ2v) is 7.96. The van der Waals surface area contributed by atoms with Gasteiger partial charge in [0, 0.05) is 23.7 Å². The van der Waals surface area contributed by atoms with Crippen LogP contribution in [0.2, 0.25) is 0 Å². The van der Waals surface area contributed by atoms with E-state index in [1.165, 1.54) is 22.4 Å². The topological polar surface area (TPSA) is 15.3 Å². The van der Waals surface area contributed by atoms with Crippen molar-refractivity contribution >= 4 is 28.9 Å². The van der Waals surface area contributed by atoms with E-state index >= 15 is 0 Å². The van der Waals surface area contributed by atoms with E-state index < -0.39 is 0 Å². The lowest BCUT2D eigenvalue weighted by Gasteiger charge is -2.31.